The molecule has 0 aliphatic carbocycles. The van der Waals surface area contributed by atoms with E-state index in [1.807, 2.05) is 11.8 Å². The molecule has 0 aromatic carbocycles. The second kappa shape index (κ2) is 4.39. The van der Waals surface area contributed by atoms with Crippen molar-refractivity contribution in [3.8, 4) is 0 Å². The van der Waals surface area contributed by atoms with Crippen LogP contribution in [0.4, 0.5) is 0 Å². The fourth-order valence-corrected chi connectivity index (χ4v) is 3.17. The van der Waals surface area contributed by atoms with E-state index in [-0.39, 0.29) is 16.7 Å². The maximum Gasteiger partial charge on any atom is 0.159 e. The van der Waals surface area contributed by atoms with Gasteiger partial charge in [-0.1, -0.05) is 0 Å². The monoisotopic (exact) mass is 219 g/mol. The van der Waals surface area contributed by atoms with E-state index in [9.17, 15) is 0 Å². The number of rotatable bonds is 4. The molecule has 0 saturated carbocycles. The topological polar surface area (TPSA) is 30.5 Å². The van der Waals surface area contributed by atoms with Crippen molar-refractivity contribution < 1.29 is 9.47 Å². The van der Waals surface area contributed by atoms with Gasteiger partial charge in [-0.3, -0.25) is 5.32 Å². The van der Waals surface area contributed by atoms with Crippen LogP contribution in [-0.4, -0.2) is 36.7 Å². The number of hydrogen-bond donors (Lipinski definition) is 1. The molecule has 1 aliphatic rings. The molecular weight excluding hydrogens is 198 g/mol. The van der Waals surface area contributed by atoms with E-state index in [1.54, 1.807) is 14.2 Å². The van der Waals surface area contributed by atoms with Crippen molar-refractivity contribution in [2.45, 2.75) is 43.9 Å². The molecule has 1 heterocycles. The predicted octanol–water partition coefficient (Wildman–Crippen LogP) is 1.83. The Morgan fingerprint density at radius 1 is 1.29 bits per heavy atom. The van der Waals surface area contributed by atoms with Crippen molar-refractivity contribution >= 4 is 11.8 Å². The molecule has 0 aromatic heterocycles. The van der Waals surface area contributed by atoms with E-state index < -0.39 is 0 Å². The highest BCUT2D eigenvalue weighted by Gasteiger charge is 2.41. The number of ether oxygens (including phenoxy) is 2. The van der Waals surface area contributed by atoms with Crippen LogP contribution in [0, 0.1) is 0 Å². The van der Waals surface area contributed by atoms with E-state index in [2.05, 4.69) is 26.1 Å². The number of nitrogens with one attached hydrogen (secondary N) is 1. The van der Waals surface area contributed by atoms with E-state index in [0.29, 0.717) is 0 Å². The molecule has 14 heavy (non-hydrogen) atoms. The molecule has 1 fully saturated rings. The third-order valence-corrected chi connectivity index (χ3v) is 4.21. The maximum atomic E-state index is 5.22. The van der Waals surface area contributed by atoms with Crippen LogP contribution in [0.25, 0.3) is 0 Å². The number of thioether (sulfide) groups is 1. The normalized spacial score (nSPS) is 31.3. The maximum absolute atomic E-state index is 5.22. The quantitative estimate of drug-likeness (QED) is 0.731. The SMILES string of the molecule is COC(CC1(C)NC(C)(C)CS1)OC. The highest BCUT2D eigenvalue weighted by Crippen LogP contribution is 2.38. The average Bonchev–Trinajstić information content (AvgIpc) is 2.37. The standard InChI is InChI=1S/C10H21NO2S/c1-9(2)7-14-10(3,11-9)6-8(12-4)13-5/h8,11H,6-7H2,1-5H3. The molecule has 0 aromatic rings. The van der Waals surface area contributed by atoms with Gasteiger partial charge in [-0.15, -0.1) is 11.8 Å². The fourth-order valence-electron chi connectivity index (χ4n) is 1.82. The van der Waals surface area contributed by atoms with Crippen molar-refractivity contribution in [2.75, 3.05) is 20.0 Å². The molecule has 0 spiro atoms. The highest BCUT2D eigenvalue weighted by molar-refractivity contribution is 8.00. The van der Waals surface area contributed by atoms with Gasteiger partial charge >= 0.3 is 0 Å². The Hall–Kier alpha value is 0.230. The molecular formula is C10H21NO2S. The Balaban J connectivity index is 2.51. The van der Waals surface area contributed by atoms with Crippen LogP contribution in [0.2, 0.25) is 0 Å². The molecule has 4 heteroatoms. The Morgan fingerprint density at radius 2 is 1.86 bits per heavy atom. The summed E-state index contributed by atoms with van der Waals surface area (Å²) in [6.45, 7) is 6.65. The van der Waals surface area contributed by atoms with Crippen LogP contribution in [0.15, 0.2) is 0 Å². The zero-order valence-corrected chi connectivity index (χ0v) is 10.5. The summed E-state index contributed by atoms with van der Waals surface area (Å²) >= 11 is 1.94. The summed E-state index contributed by atoms with van der Waals surface area (Å²) in [4.78, 5) is 0.0696. The van der Waals surface area contributed by atoms with Crippen molar-refractivity contribution in [1.82, 2.24) is 5.32 Å². The molecule has 1 rings (SSSR count). The second-order valence-electron chi connectivity index (χ2n) is 4.63. The predicted molar refractivity (Wildman–Crippen MR) is 60.5 cm³/mol. The lowest BCUT2D eigenvalue weighted by Crippen LogP contribution is -2.47. The van der Waals surface area contributed by atoms with Gasteiger partial charge in [0.25, 0.3) is 0 Å². The molecule has 84 valence electrons. The zero-order valence-electron chi connectivity index (χ0n) is 9.72. The van der Waals surface area contributed by atoms with Crippen molar-refractivity contribution in [3.05, 3.63) is 0 Å². The van der Waals surface area contributed by atoms with Gasteiger partial charge in [0.05, 0.1) is 4.87 Å². The summed E-state index contributed by atoms with van der Waals surface area (Å²) in [5, 5.41) is 3.61. The van der Waals surface area contributed by atoms with Crippen molar-refractivity contribution in [3.63, 3.8) is 0 Å². The first kappa shape index (κ1) is 12.3. The molecule has 1 N–H and O–H groups in total. The van der Waals surface area contributed by atoms with E-state index in [4.69, 9.17) is 9.47 Å². The molecule has 3 nitrogen and oxygen atoms in total. The first-order chi connectivity index (χ1) is 6.41. The van der Waals surface area contributed by atoms with Crippen LogP contribution in [0.5, 0.6) is 0 Å². The molecule has 1 unspecified atom stereocenters. The lowest BCUT2D eigenvalue weighted by atomic mass is 10.1. The first-order valence-corrected chi connectivity index (χ1v) is 5.88. The minimum Gasteiger partial charge on any atom is -0.356 e. The molecule has 1 atom stereocenters. The average molecular weight is 219 g/mol. The van der Waals surface area contributed by atoms with Crippen LogP contribution in [0.3, 0.4) is 0 Å². The Kier molecular flexibility index (Phi) is 3.86. The van der Waals surface area contributed by atoms with Gasteiger partial charge in [-0.05, 0) is 20.8 Å². The minimum atomic E-state index is -0.117. The summed E-state index contributed by atoms with van der Waals surface area (Å²) < 4.78 is 10.4. The van der Waals surface area contributed by atoms with Gasteiger partial charge < -0.3 is 9.47 Å². The number of hydrogen-bond acceptors (Lipinski definition) is 4. The fraction of sp³-hybridized carbons (Fsp3) is 1.00. The lowest BCUT2D eigenvalue weighted by molar-refractivity contribution is -0.112. The van der Waals surface area contributed by atoms with Gasteiger partial charge in [0, 0.05) is 31.9 Å². The third-order valence-electron chi connectivity index (χ3n) is 2.44. The third kappa shape index (κ3) is 3.12. The van der Waals surface area contributed by atoms with Crippen LogP contribution < -0.4 is 5.32 Å². The van der Waals surface area contributed by atoms with E-state index in [1.165, 1.54) is 0 Å². The number of methoxy groups -OCH3 is 2. The molecule has 1 saturated heterocycles. The second-order valence-corrected chi connectivity index (χ2v) is 6.11. The smallest absolute Gasteiger partial charge is 0.159 e. The summed E-state index contributed by atoms with van der Waals surface area (Å²) in [5.41, 5.74) is 0.214. The Labute approximate surface area is 90.9 Å². The highest BCUT2D eigenvalue weighted by atomic mass is 32.2. The van der Waals surface area contributed by atoms with Crippen LogP contribution in [-0.2, 0) is 9.47 Å². The minimum absolute atomic E-state index is 0.0696. The first-order valence-electron chi connectivity index (χ1n) is 4.90. The Bertz CT molecular complexity index is 195. The summed E-state index contributed by atoms with van der Waals surface area (Å²) in [6.07, 6.45) is 0.752. The van der Waals surface area contributed by atoms with Crippen molar-refractivity contribution in [1.29, 1.82) is 0 Å². The molecule has 0 bridgehead atoms. The van der Waals surface area contributed by atoms with E-state index >= 15 is 0 Å². The van der Waals surface area contributed by atoms with Crippen molar-refractivity contribution in [2.24, 2.45) is 0 Å². The largest absolute Gasteiger partial charge is 0.356 e. The zero-order chi connectivity index (χ0) is 10.8. The van der Waals surface area contributed by atoms with Crippen LogP contribution in [0.1, 0.15) is 27.2 Å². The van der Waals surface area contributed by atoms with Gasteiger partial charge in [0.1, 0.15) is 0 Å². The summed E-state index contributed by atoms with van der Waals surface area (Å²) in [6, 6.07) is 0. The summed E-state index contributed by atoms with van der Waals surface area (Å²) in [5.74, 6) is 1.13. The van der Waals surface area contributed by atoms with Gasteiger partial charge in [-0.2, -0.15) is 0 Å². The summed E-state index contributed by atoms with van der Waals surface area (Å²) in [7, 11) is 3.37. The molecule has 0 radical (unpaired) electrons. The van der Waals surface area contributed by atoms with Crippen LogP contribution >= 0.6 is 11.8 Å². The molecule has 1 aliphatic heterocycles. The lowest BCUT2D eigenvalue weighted by Gasteiger charge is -2.30. The Morgan fingerprint density at radius 3 is 2.21 bits per heavy atom. The van der Waals surface area contributed by atoms with Gasteiger partial charge in [-0.25, -0.2) is 0 Å². The van der Waals surface area contributed by atoms with Gasteiger partial charge in [0.2, 0.25) is 0 Å². The van der Waals surface area contributed by atoms with Gasteiger partial charge in [0.15, 0.2) is 6.29 Å². The molecule has 0 amide bonds. The van der Waals surface area contributed by atoms with E-state index in [0.717, 1.165) is 12.2 Å².